The van der Waals surface area contributed by atoms with Gasteiger partial charge in [0.1, 0.15) is 11.6 Å². The van der Waals surface area contributed by atoms with E-state index in [1.54, 1.807) is 31.2 Å². The predicted octanol–water partition coefficient (Wildman–Crippen LogP) is 2.95. The Hall–Kier alpha value is -2.48. The average Bonchev–Trinajstić information content (AvgIpc) is 2.40. The van der Waals surface area contributed by atoms with E-state index in [-0.39, 0.29) is 0 Å². The van der Waals surface area contributed by atoms with E-state index in [0.717, 1.165) is 17.7 Å². The Kier molecular flexibility index (Phi) is 4.41. The minimum absolute atomic E-state index is 0.465. The maximum atomic E-state index is 13.2. The zero-order chi connectivity index (χ0) is 16.3. The Labute approximate surface area is 126 Å². The van der Waals surface area contributed by atoms with Crippen molar-refractivity contribution in [3.05, 3.63) is 69.5 Å². The molecule has 22 heavy (non-hydrogen) atoms. The molecular weight excluding hydrogens is 313 g/mol. The van der Waals surface area contributed by atoms with Crippen molar-refractivity contribution in [2.24, 2.45) is 0 Å². The molecule has 0 aliphatic rings. The first-order chi connectivity index (χ1) is 10.3. The summed E-state index contributed by atoms with van der Waals surface area (Å²) in [6.45, 7) is 1.73. The van der Waals surface area contributed by atoms with E-state index in [1.165, 1.54) is 0 Å². The van der Waals surface area contributed by atoms with Crippen molar-refractivity contribution >= 4 is 15.8 Å². The molecule has 0 saturated heterocycles. The lowest BCUT2D eigenvalue weighted by Gasteiger charge is -2.09. The Morgan fingerprint density at radius 3 is 2.55 bits per heavy atom. The number of hydrogen-bond donors (Lipinski definition) is 0. The van der Waals surface area contributed by atoms with E-state index >= 15 is 0 Å². The molecule has 0 amide bonds. The summed E-state index contributed by atoms with van der Waals surface area (Å²) in [4.78, 5) is 10.0. The van der Waals surface area contributed by atoms with Gasteiger partial charge < -0.3 is 4.18 Å². The van der Waals surface area contributed by atoms with Crippen LogP contribution in [0.15, 0.2) is 42.5 Å². The highest BCUT2D eigenvalue weighted by Gasteiger charge is 2.23. The van der Waals surface area contributed by atoms with Crippen molar-refractivity contribution in [3.8, 4) is 5.75 Å². The van der Waals surface area contributed by atoms with Gasteiger partial charge in [0.25, 0.3) is 0 Å². The maximum Gasteiger partial charge on any atom is 0.313 e. The monoisotopic (exact) mass is 325 g/mol. The summed E-state index contributed by atoms with van der Waals surface area (Å²) in [6, 6.07) is 9.15. The van der Waals surface area contributed by atoms with Crippen LogP contribution in [0.2, 0.25) is 0 Å². The predicted molar refractivity (Wildman–Crippen MR) is 77.5 cm³/mol. The standard InChI is InChI=1S/C14H12FNO5S/c1-10-4-2-3-5-11(10)9-22(19,20)21-14-8-12(15)6-7-13(14)16(17)18/h2-8H,9H2,1H3. The van der Waals surface area contributed by atoms with Gasteiger partial charge in [-0.25, -0.2) is 4.39 Å². The minimum Gasteiger partial charge on any atom is -0.375 e. The largest absolute Gasteiger partial charge is 0.375 e. The van der Waals surface area contributed by atoms with E-state index in [0.29, 0.717) is 11.6 Å². The molecule has 0 atom stereocenters. The first kappa shape index (κ1) is 15.9. The smallest absolute Gasteiger partial charge is 0.313 e. The molecule has 0 unspecified atom stereocenters. The van der Waals surface area contributed by atoms with Crippen LogP contribution >= 0.6 is 0 Å². The second-order valence-corrected chi connectivity index (χ2v) is 6.15. The number of nitrogens with zero attached hydrogens (tertiary/aromatic N) is 1. The van der Waals surface area contributed by atoms with Crippen molar-refractivity contribution < 1.29 is 21.9 Å². The van der Waals surface area contributed by atoms with Crippen LogP contribution in [-0.2, 0) is 15.9 Å². The van der Waals surface area contributed by atoms with Gasteiger partial charge in [0.2, 0.25) is 5.75 Å². The molecule has 2 aromatic rings. The molecule has 0 N–H and O–H groups in total. The molecule has 0 aliphatic heterocycles. The minimum atomic E-state index is -4.15. The second-order valence-electron chi connectivity index (χ2n) is 4.58. The lowest BCUT2D eigenvalue weighted by Crippen LogP contribution is -2.14. The van der Waals surface area contributed by atoms with Crippen molar-refractivity contribution in [2.45, 2.75) is 12.7 Å². The van der Waals surface area contributed by atoms with Crippen LogP contribution in [0.4, 0.5) is 10.1 Å². The maximum absolute atomic E-state index is 13.2. The van der Waals surface area contributed by atoms with Gasteiger partial charge >= 0.3 is 15.8 Å². The van der Waals surface area contributed by atoms with E-state index in [1.807, 2.05) is 0 Å². The molecule has 0 saturated carbocycles. The van der Waals surface area contributed by atoms with Crippen LogP contribution in [0.25, 0.3) is 0 Å². The molecule has 2 aromatic carbocycles. The molecule has 0 heterocycles. The van der Waals surface area contributed by atoms with Gasteiger partial charge in [0.05, 0.1) is 4.92 Å². The topological polar surface area (TPSA) is 86.5 Å². The van der Waals surface area contributed by atoms with Crippen molar-refractivity contribution in [3.63, 3.8) is 0 Å². The lowest BCUT2D eigenvalue weighted by molar-refractivity contribution is -0.385. The quantitative estimate of drug-likeness (QED) is 0.479. The third-order valence-electron chi connectivity index (χ3n) is 2.93. The first-order valence-electron chi connectivity index (χ1n) is 6.19. The van der Waals surface area contributed by atoms with Crippen LogP contribution in [0, 0.1) is 22.9 Å². The zero-order valence-electron chi connectivity index (χ0n) is 11.5. The number of rotatable bonds is 5. The summed E-state index contributed by atoms with van der Waals surface area (Å²) in [5, 5.41) is 10.8. The lowest BCUT2D eigenvalue weighted by atomic mass is 10.1. The molecule has 6 nitrogen and oxygen atoms in total. The Balaban J connectivity index is 2.32. The van der Waals surface area contributed by atoms with Crippen LogP contribution in [-0.4, -0.2) is 13.3 Å². The highest BCUT2D eigenvalue weighted by Crippen LogP contribution is 2.29. The number of nitro benzene ring substituents is 1. The summed E-state index contributed by atoms with van der Waals surface area (Å²) < 4.78 is 42.0. The molecule has 0 fully saturated rings. The normalized spacial score (nSPS) is 11.2. The highest BCUT2D eigenvalue weighted by atomic mass is 32.2. The average molecular weight is 325 g/mol. The molecule has 0 aromatic heterocycles. The van der Waals surface area contributed by atoms with Crippen LogP contribution in [0.5, 0.6) is 5.75 Å². The van der Waals surface area contributed by atoms with Gasteiger partial charge in [0, 0.05) is 12.1 Å². The third-order valence-corrected chi connectivity index (χ3v) is 4.03. The number of nitro groups is 1. The molecule has 0 spiro atoms. The summed E-state index contributed by atoms with van der Waals surface area (Å²) in [6.07, 6.45) is 0. The number of benzene rings is 2. The number of aryl methyl sites for hydroxylation is 1. The molecule has 0 bridgehead atoms. The van der Waals surface area contributed by atoms with Crippen molar-refractivity contribution in [1.82, 2.24) is 0 Å². The van der Waals surface area contributed by atoms with Gasteiger partial charge in [0.15, 0.2) is 0 Å². The van der Waals surface area contributed by atoms with Gasteiger partial charge in [-0.2, -0.15) is 8.42 Å². The van der Waals surface area contributed by atoms with Crippen molar-refractivity contribution in [1.29, 1.82) is 0 Å². The Bertz CT molecular complexity index is 820. The molecular formula is C14H12FNO5S. The van der Waals surface area contributed by atoms with E-state index in [4.69, 9.17) is 4.18 Å². The Morgan fingerprint density at radius 2 is 1.91 bits per heavy atom. The second kappa shape index (κ2) is 6.10. The van der Waals surface area contributed by atoms with Crippen LogP contribution < -0.4 is 4.18 Å². The SMILES string of the molecule is Cc1ccccc1CS(=O)(=O)Oc1cc(F)ccc1[N+](=O)[O-]. The molecule has 2 rings (SSSR count). The van der Waals surface area contributed by atoms with Crippen LogP contribution in [0.1, 0.15) is 11.1 Å². The van der Waals surface area contributed by atoms with E-state index < -0.39 is 38.0 Å². The summed E-state index contributed by atoms with van der Waals surface area (Å²) in [5.74, 6) is -1.93. The number of hydrogen-bond acceptors (Lipinski definition) is 5. The summed E-state index contributed by atoms with van der Waals surface area (Å²) >= 11 is 0. The number of halogens is 1. The van der Waals surface area contributed by atoms with E-state index in [2.05, 4.69) is 0 Å². The first-order valence-corrected chi connectivity index (χ1v) is 7.77. The van der Waals surface area contributed by atoms with Crippen LogP contribution in [0.3, 0.4) is 0 Å². The molecule has 116 valence electrons. The van der Waals surface area contributed by atoms with Gasteiger partial charge in [-0.1, -0.05) is 24.3 Å². The summed E-state index contributed by atoms with van der Waals surface area (Å²) in [5.41, 5.74) is 0.625. The molecule has 0 radical (unpaired) electrons. The molecule has 0 aliphatic carbocycles. The highest BCUT2D eigenvalue weighted by molar-refractivity contribution is 7.86. The fourth-order valence-corrected chi connectivity index (χ4v) is 3.01. The van der Waals surface area contributed by atoms with E-state index in [9.17, 15) is 22.9 Å². The molecule has 8 heteroatoms. The Morgan fingerprint density at radius 1 is 1.23 bits per heavy atom. The fraction of sp³-hybridized carbons (Fsp3) is 0.143. The van der Waals surface area contributed by atoms with Crippen molar-refractivity contribution in [2.75, 3.05) is 0 Å². The third kappa shape index (κ3) is 3.79. The fourth-order valence-electron chi connectivity index (χ4n) is 1.83. The van der Waals surface area contributed by atoms with Gasteiger partial charge in [-0.05, 0) is 24.1 Å². The van der Waals surface area contributed by atoms with Gasteiger partial charge in [-0.15, -0.1) is 0 Å². The zero-order valence-corrected chi connectivity index (χ0v) is 12.3. The van der Waals surface area contributed by atoms with Gasteiger partial charge in [-0.3, -0.25) is 10.1 Å². The summed E-state index contributed by atoms with van der Waals surface area (Å²) in [7, 11) is -4.15.